The zero-order valence-corrected chi connectivity index (χ0v) is 10.8. The second-order valence-electron chi connectivity index (χ2n) is 4.47. The molecular formula is C14H21NS. The fraction of sp³-hybridized carbons (Fsp3) is 0.571. The summed E-state index contributed by atoms with van der Waals surface area (Å²) in [5, 5.41) is 4.39. The number of hydrogen-bond acceptors (Lipinski definition) is 2. The van der Waals surface area contributed by atoms with Gasteiger partial charge in [-0.25, -0.2) is 0 Å². The van der Waals surface area contributed by atoms with Crippen molar-refractivity contribution in [1.29, 1.82) is 0 Å². The average molecular weight is 235 g/mol. The van der Waals surface area contributed by atoms with E-state index < -0.39 is 0 Å². The lowest BCUT2D eigenvalue weighted by Gasteiger charge is -2.29. The number of hydrogen-bond donors (Lipinski definition) is 1. The minimum atomic E-state index is 0.750. The van der Waals surface area contributed by atoms with Crippen LogP contribution in [-0.2, 0) is 0 Å². The van der Waals surface area contributed by atoms with Crippen molar-refractivity contribution in [3.05, 3.63) is 30.3 Å². The van der Waals surface area contributed by atoms with Gasteiger partial charge in [-0.15, -0.1) is 11.8 Å². The molecule has 1 nitrogen and oxygen atoms in total. The highest BCUT2D eigenvalue weighted by Gasteiger charge is 2.21. The molecule has 1 aliphatic carbocycles. The molecule has 1 aromatic carbocycles. The fourth-order valence-electron chi connectivity index (χ4n) is 2.42. The van der Waals surface area contributed by atoms with Gasteiger partial charge < -0.3 is 5.32 Å². The van der Waals surface area contributed by atoms with Crippen molar-refractivity contribution in [2.24, 2.45) is 0 Å². The van der Waals surface area contributed by atoms with E-state index in [2.05, 4.69) is 54.3 Å². The Morgan fingerprint density at radius 3 is 2.81 bits per heavy atom. The second kappa shape index (κ2) is 6.31. The van der Waals surface area contributed by atoms with Crippen LogP contribution in [0.3, 0.4) is 0 Å². The first-order chi connectivity index (χ1) is 7.88. The van der Waals surface area contributed by atoms with Gasteiger partial charge in [0.25, 0.3) is 0 Å². The van der Waals surface area contributed by atoms with E-state index in [1.165, 1.54) is 30.6 Å². The van der Waals surface area contributed by atoms with Crippen LogP contribution in [0, 0.1) is 0 Å². The predicted molar refractivity (Wildman–Crippen MR) is 72.0 cm³/mol. The van der Waals surface area contributed by atoms with Crippen molar-refractivity contribution in [2.45, 2.75) is 48.8 Å². The molecule has 0 aromatic heterocycles. The summed E-state index contributed by atoms with van der Waals surface area (Å²) in [5.41, 5.74) is 0. The lowest BCUT2D eigenvalue weighted by atomic mass is 9.95. The van der Waals surface area contributed by atoms with E-state index >= 15 is 0 Å². The van der Waals surface area contributed by atoms with Gasteiger partial charge in [0, 0.05) is 16.2 Å². The number of benzene rings is 1. The van der Waals surface area contributed by atoms with Crippen molar-refractivity contribution in [3.63, 3.8) is 0 Å². The van der Waals surface area contributed by atoms with Gasteiger partial charge >= 0.3 is 0 Å². The van der Waals surface area contributed by atoms with E-state index in [4.69, 9.17) is 0 Å². The maximum Gasteiger partial charge on any atom is 0.0109 e. The Hall–Kier alpha value is -0.470. The molecule has 88 valence electrons. The van der Waals surface area contributed by atoms with Crippen LogP contribution < -0.4 is 5.32 Å². The van der Waals surface area contributed by atoms with Gasteiger partial charge in [-0.3, -0.25) is 0 Å². The van der Waals surface area contributed by atoms with Gasteiger partial charge in [0.05, 0.1) is 0 Å². The standard InChI is InChI=1S/C14H21NS/c1-2-15-12-7-6-10-14(11-12)16-13-8-4-3-5-9-13/h3-5,8-9,12,14-15H,2,6-7,10-11H2,1H3. The summed E-state index contributed by atoms with van der Waals surface area (Å²) in [6.45, 7) is 3.31. The summed E-state index contributed by atoms with van der Waals surface area (Å²) < 4.78 is 0. The maximum absolute atomic E-state index is 3.59. The van der Waals surface area contributed by atoms with Crippen molar-refractivity contribution >= 4 is 11.8 Å². The molecule has 2 heteroatoms. The topological polar surface area (TPSA) is 12.0 Å². The lowest BCUT2D eigenvalue weighted by Crippen LogP contribution is -2.34. The van der Waals surface area contributed by atoms with Crippen molar-refractivity contribution in [3.8, 4) is 0 Å². The van der Waals surface area contributed by atoms with Gasteiger partial charge in [-0.2, -0.15) is 0 Å². The van der Waals surface area contributed by atoms with Gasteiger partial charge in [-0.05, 0) is 37.9 Å². The maximum atomic E-state index is 3.59. The molecule has 1 fully saturated rings. The molecule has 2 unspecified atom stereocenters. The minimum Gasteiger partial charge on any atom is -0.314 e. The first-order valence-electron chi connectivity index (χ1n) is 6.33. The molecule has 0 saturated heterocycles. The van der Waals surface area contributed by atoms with Gasteiger partial charge in [-0.1, -0.05) is 31.5 Å². The number of nitrogens with one attached hydrogen (secondary N) is 1. The second-order valence-corrected chi connectivity index (χ2v) is 5.85. The molecule has 0 amide bonds. The lowest BCUT2D eigenvalue weighted by molar-refractivity contribution is 0.388. The first-order valence-corrected chi connectivity index (χ1v) is 7.21. The van der Waals surface area contributed by atoms with Crippen LogP contribution in [0.15, 0.2) is 35.2 Å². The largest absolute Gasteiger partial charge is 0.314 e. The first kappa shape index (κ1) is 12.0. The van der Waals surface area contributed by atoms with Crippen LogP contribution in [0.4, 0.5) is 0 Å². The average Bonchev–Trinajstić information content (AvgIpc) is 2.31. The molecule has 16 heavy (non-hydrogen) atoms. The van der Waals surface area contributed by atoms with E-state index in [0.717, 1.165) is 17.8 Å². The highest BCUT2D eigenvalue weighted by Crippen LogP contribution is 2.33. The third-order valence-electron chi connectivity index (χ3n) is 3.16. The van der Waals surface area contributed by atoms with E-state index in [1.54, 1.807) is 0 Å². The summed E-state index contributed by atoms with van der Waals surface area (Å²) in [6, 6.07) is 11.6. The zero-order valence-electron chi connectivity index (χ0n) is 9.99. The van der Waals surface area contributed by atoms with Crippen molar-refractivity contribution in [1.82, 2.24) is 5.32 Å². The van der Waals surface area contributed by atoms with Crippen LogP contribution in [-0.4, -0.2) is 17.8 Å². The molecule has 2 atom stereocenters. The summed E-state index contributed by atoms with van der Waals surface area (Å²) in [7, 11) is 0. The van der Waals surface area contributed by atoms with E-state index in [-0.39, 0.29) is 0 Å². The Morgan fingerprint density at radius 2 is 2.06 bits per heavy atom. The van der Waals surface area contributed by atoms with Crippen LogP contribution >= 0.6 is 11.8 Å². The zero-order chi connectivity index (χ0) is 11.2. The third-order valence-corrected chi connectivity index (χ3v) is 4.47. The number of rotatable bonds is 4. The van der Waals surface area contributed by atoms with Gasteiger partial charge in [0.2, 0.25) is 0 Å². The predicted octanol–water partition coefficient (Wildman–Crippen LogP) is 3.70. The summed E-state index contributed by atoms with van der Waals surface area (Å²) in [5.74, 6) is 0. The van der Waals surface area contributed by atoms with Crippen molar-refractivity contribution < 1.29 is 0 Å². The Labute approximate surface area is 103 Å². The summed E-state index contributed by atoms with van der Waals surface area (Å²) >= 11 is 2.05. The Bertz CT molecular complexity index is 297. The monoisotopic (exact) mass is 235 g/mol. The normalized spacial score (nSPS) is 25.6. The van der Waals surface area contributed by atoms with E-state index in [1.807, 2.05) is 0 Å². The quantitative estimate of drug-likeness (QED) is 0.854. The molecule has 1 saturated carbocycles. The molecule has 0 bridgehead atoms. The van der Waals surface area contributed by atoms with Crippen LogP contribution in [0.2, 0.25) is 0 Å². The summed E-state index contributed by atoms with van der Waals surface area (Å²) in [4.78, 5) is 1.42. The number of thioether (sulfide) groups is 1. The molecule has 1 N–H and O–H groups in total. The SMILES string of the molecule is CCNC1CCCC(Sc2ccccc2)C1. The third kappa shape index (κ3) is 3.53. The Kier molecular flexibility index (Phi) is 4.73. The highest BCUT2D eigenvalue weighted by molar-refractivity contribution is 8.00. The summed E-state index contributed by atoms with van der Waals surface area (Å²) in [6.07, 6.45) is 5.44. The van der Waals surface area contributed by atoms with Crippen LogP contribution in [0.5, 0.6) is 0 Å². The molecule has 1 aliphatic rings. The van der Waals surface area contributed by atoms with Crippen LogP contribution in [0.1, 0.15) is 32.6 Å². The minimum absolute atomic E-state index is 0.750. The molecular weight excluding hydrogens is 214 g/mol. The van der Waals surface area contributed by atoms with Gasteiger partial charge in [0.15, 0.2) is 0 Å². The smallest absolute Gasteiger partial charge is 0.0109 e. The highest BCUT2D eigenvalue weighted by atomic mass is 32.2. The van der Waals surface area contributed by atoms with Crippen LogP contribution in [0.25, 0.3) is 0 Å². The van der Waals surface area contributed by atoms with E-state index in [9.17, 15) is 0 Å². The van der Waals surface area contributed by atoms with E-state index in [0.29, 0.717) is 0 Å². The Balaban J connectivity index is 1.85. The van der Waals surface area contributed by atoms with Gasteiger partial charge in [0.1, 0.15) is 0 Å². The Morgan fingerprint density at radius 1 is 1.25 bits per heavy atom. The molecule has 0 radical (unpaired) electrons. The molecule has 2 rings (SSSR count). The molecule has 0 heterocycles. The van der Waals surface area contributed by atoms with Crippen molar-refractivity contribution in [2.75, 3.05) is 6.54 Å². The molecule has 1 aromatic rings. The molecule has 0 aliphatic heterocycles. The molecule has 0 spiro atoms. The fourth-order valence-corrected chi connectivity index (χ4v) is 3.73.